The lowest BCUT2D eigenvalue weighted by Crippen LogP contribution is -1.99. The molecule has 0 fully saturated rings. The largest absolute Gasteiger partial charge is 0.506 e. The zero-order valence-corrected chi connectivity index (χ0v) is 10.2. The average Bonchev–Trinajstić information content (AvgIpc) is 2.93. The molecule has 1 aromatic carbocycles. The Kier molecular flexibility index (Phi) is 2.52. The second-order valence-corrected chi connectivity index (χ2v) is 4.30. The number of nitrogens with one attached hydrogen (secondary N) is 1. The molecule has 19 heavy (non-hydrogen) atoms. The summed E-state index contributed by atoms with van der Waals surface area (Å²) in [4.78, 5) is 16.3. The van der Waals surface area contributed by atoms with Crippen molar-refractivity contribution in [3.8, 4) is 0 Å². The van der Waals surface area contributed by atoms with Crippen LogP contribution in [0, 0.1) is 6.92 Å². The van der Waals surface area contributed by atoms with E-state index in [0.717, 1.165) is 5.56 Å². The number of aliphatic hydroxyl groups is 1. The molecule has 1 aliphatic rings. The number of aromatic amines is 1. The number of nitrogens with zero attached hydrogens (tertiary/aromatic N) is 2. The summed E-state index contributed by atoms with van der Waals surface area (Å²) in [5.74, 6) is 0.333. The molecule has 3 rings (SSSR count). The number of hydrogen-bond donors (Lipinski definition) is 2. The fourth-order valence-electron chi connectivity index (χ4n) is 2.00. The SMILES string of the molecule is Cc1cn[nH]c1N=CC1=C(O)c2ccccc2C1=O. The van der Waals surface area contributed by atoms with Crippen molar-refractivity contribution in [2.75, 3.05) is 0 Å². The fraction of sp³-hybridized carbons (Fsp3) is 0.0714. The van der Waals surface area contributed by atoms with Crippen LogP contribution < -0.4 is 0 Å². The van der Waals surface area contributed by atoms with E-state index in [1.165, 1.54) is 6.21 Å². The predicted octanol–water partition coefficient (Wildman–Crippen LogP) is 2.59. The zero-order valence-electron chi connectivity index (χ0n) is 10.2. The lowest BCUT2D eigenvalue weighted by Gasteiger charge is -1.95. The van der Waals surface area contributed by atoms with Gasteiger partial charge in [0.2, 0.25) is 0 Å². The highest BCUT2D eigenvalue weighted by Gasteiger charge is 2.27. The Balaban J connectivity index is 2.00. The second-order valence-electron chi connectivity index (χ2n) is 4.30. The van der Waals surface area contributed by atoms with E-state index in [9.17, 15) is 9.90 Å². The van der Waals surface area contributed by atoms with E-state index in [-0.39, 0.29) is 17.1 Å². The number of carbonyl (C=O) groups excluding carboxylic acids is 1. The summed E-state index contributed by atoms with van der Waals surface area (Å²) in [5.41, 5.74) is 2.13. The van der Waals surface area contributed by atoms with Gasteiger partial charge in [0, 0.05) is 22.9 Å². The molecule has 0 radical (unpaired) electrons. The van der Waals surface area contributed by atoms with Gasteiger partial charge in [0.25, 0.3) is 0 Å². The Bertz CT molecular complexity index is 726. The van der Waals surface area contributed by atoms with E-state index >= 15 is 0 Å². The Hall–Kier alpha value is -2.69. The first-order valence-electron chi connectivity index (χ1n) is 5.80. The van der Waals surface area contributed by atoms with Gasteiger partial charge in [-0.3, -0.25) is 9.89 Å². The van der Waals surface area contributed by atoms with Crippen LogP contribution in [0.2, 0.25) is 0 Å². The maximum Gasteiger partial charge on any atom is 0.199 e. The third-order valence-electron chi connectivity index (χ3n) is 3.05. The van der Waals surface area contributed by atoms with Crippen LogP contribution in [-0.4, -0.2) is 27.3 Å². The third kappa shape index (κ3) is 1.76. The van der Waals surface area contributed by atoms with E-state index < -0.39 is 0 Å². The normalized spacial score (nSPS) is 14.5. The van der Waals surface area contributed by atoms with E-state index in [2.05, 4.69) is 15.2 Å². The Morgan fingerprint density at radius 1 is 1.32 bits per heavy atom. The second kappa shape index (κ2) is 4.20. The summed E-state index contributed by atoms with van der Waals surface area (Å²) in [5, 5.41) is 16.6. The molecule has 2 aromatic rings. The number of aliphatic hydroxyl groups excluding tert-OH is 1. The van der Waals surface area contributed by atoms with Gasteiger partial charge in [-0.05, 0) is 6.92 Å². The number of benzene rings is 1. The highest BCUT2D eigenvalue weighted by molar-refractivity contribution is 6.30. The molecule has 0 aliphatic heterocycles. The minimum atomic E-state index is -0.214. The number of aliphatic imine (C=N–C) groups is 1. The van der Waals surface area contributed by atoms with Crippen molar-refractivity contribution in [3.63, 3.8) is 0 Å². The lowest BCUT2D eigenvalue weighted by molar-refractivity contribution is 0.104. The van der Waals surface area contributed by atoms with Crippen molar-refractivity contribution in [1.29, 1.82) is 0 Å². The van der Waals surface area contributed by atoms with Gasteiger partial charge in [-0.15, -0.1) is 0 Å². The van der Waals surface area contributed by atoms with E-state index in [4.69, 9.17) is 0 Å². The van der Waals surface area contributed by atoms with Crippen LogP contribution in [0.5, 0.6) is 0 Å². The number of fused-ring (bicyclic) bond motifs is 1. The number of allylic oxidation sites excluding steroid dienone is 1. The summed E-state index contributed by atoms with van der Waals surface area (Å²) in [6, 6.07) is 6.95. The molecule has 0 bridgehead atoms. The first-order chi connectivity index (χ1) is 9.18. The maximum atomic E-state index is 12.1. The predicted molar refractivity (Wildman–Crippen MR) is 71.8 cm³/mol. The van der Waals surface area contributed by atoms with Gasteiger partial charge < -0.3 is 5.11 Å². The highest BCUT2D eigenvalue weighted by Crippen LogP contribution is 2.30. The van der Waals surface area contributed by atoms with Crippen molar-refractivity contribution in [2.24, 2.45) is 4.99 Å². The number of Topliss-reactive ketones (excluding diaryl/α,β-unsaturated/α-hetero) is 1. The standard InChI is InChI=1S/C14H11N3O2/c1-8-6-16-17-14(8)15-7-11-12(18)9-4-2-3-5-10(9)13(11)19/h2-7,18H,1H3,(H,16,17). The van der Waals surface area contributed by atoms with Crippen LogP contribution >= 0.6 is 0 Å². The summed E-state index contributed by atoms with van der Waals surface area (Å²) < 4.78 is 0. The molecule has 0 spiro atoms. The van der Waals surface area contributed by atoms with Gasteiger partial charge in [0.05, 0.1) is 11.8 Å². The Labute approximate surface area is 109 Å². The van der Waals surface area contributed by atoms with Crippen LogP contribution in [0.1, 0.15) is 21.5 Å². The molecule has 1 aliphatic carbocycles. The minimum Gasteiger partial charge on any atom is -0.506 e. The molecule has 0 saturated heterocycles. The average molecular weight is 253 g/mol. The molecule has 5 nitrogen and oxygen atoms in total. The number of hydrogen-bond acceptors (Lipinski definition) is 4. The molecule has 94 valence electrons. The van der Waals surface area contributed by atoms with Crippen LogP contribution in [0.4, 0.5) is 5.82 Å². The number of rotatable bonds is 2. The summed E-state index contributed by atoms with van der Waals surface area (Å²) >= 11 is 0. The molecular weight excluding hydrogens is 242 g/mol. The van der Waals surface area contributed by atoms with Crippen molar-refractivity contribution < 1.29 is 9.90 Å². The Morgan fingerprint density at radius 2 is 2.05 bits per heavy atom. The molecule has 0 saturated carbocycles. The highest BCUT2D eigenvalue weighted by atomic mass is 16.3. The monoisotopic (exact) mass is 253 g/mol. The van der Waals surface area contributed by atoms with Gasteiger partial charge in [0.15, 0.2) is 11.6 Å². The number of H-pyrrole nitrogens is 1. The smallest absolute Gasteiger partial charge is 0.199 e. The van der Waals surface area contributed by atoms with E-state index in [1.807, 2.05) is 6.92 Å². The number of carbonyl (C=O) groups is 1. The third-order valence-corrected chi connectivity index (χ3v) is 3.05. The fourth-order valence-corrected chi connectivity index (χ4v) is 2.00. The zero-order chi connectivity index (χ0) is 13.4. The summed E-state index contributed by atoms with van der Waals surface area (Å²) in [6.45, 7) is 1.86. The van der Waals surface area contributed by atoms with Gasteiger partial charge in [0.1, 0.15) is 5.76 Å². The van der Waals surface area contributed by atoms with Crippen molar-refractivity contribution in [3.05, 3.63) is 52.7 Å². The molecule has 1 aromatic heterocycles. The molecule has 2 N–H and O–H groups in total. The van der Waals surface area contributed by atoms with Crippen LogP contribution in [0.3, 0.4) is 0 Å². The van der Waals surface area contributed by atoms with Crippen molar-refractivity contribution in [2.45, 2.75) is 6.92 Å². The molecule has 0 amide bonds. The molecular formula is C14H11N3O2. The van der Waals surface area contributed by atoms with Crippen LogP contribution in [0.15, 0.2) is 41.0 Å². The number of aromatic nitrogens is 2. The first-order valence-corrected chi connectivity index (χ1v) is 5.80. The quantitative estimate of drug-likeness (QED) is 0.807. The minimum absolute atomic E-state index is 0.0264. The van der Waals surface area contributed by atoms with E-state index in [0.29, 0.717) is 16.9 Å². The van der Waals surface area contributed by atoms with Gasteiger partial charge >= 0.3 is 0 Å². The lowest BCUT2D eigenvalue weighted by atomic mass is 10.1. The van der Waals surface area contributed by atoms with Crippen LogP contribution in [0.25, 0.3) is 5.76 Å². The van der Waals surface area contributed by atoms with Crippen molar-refractivity contribution >= 4 is 23.6 Å². The number of aryl methyl sites for hydroxylation is 1. The molecule has 0 atom stereocenters. The van der Waals surface area contributed by atoms with Gasteiger partial charge in [-0.2, -0.15) is 5.10 Å². The maximum absolute atomic E-state index is 12.1. The Morgan fingerprint density at radius 3 is 2.68 bits per heavy atom. The number of ketones is 1. The summed E-state index contributed by atoms with van der Waals surface area (Å²) in [7, 11) is 0. The van der Waals surface area contributed by atoms with E-state index in [1.54, 1.807) is 30.5 Å². The molecule has 0 unspecified atom stereocenters. The summed E-state index contributed by atoms with van der Waals surface area (Å²) in [6.07, 6.45) is 3.02. The van der Waals surface area contributed by atoms with Gasteiger partial charge in [-0.25, -0.2) is 4.99 Å². The molecule has 5 heteroatoms. The molecule has 1 heterocycles. The first kappa shape index (κ1) is 11.4. The van der Waals surface area contributed by atoms with Crippen LogP contribution in [-0.2, 0) is 0 Å². The van der Waals surface area contributed by atoms with Gasteiger partial charge in [-0.1, -0.05) is 24.3 Å². The topological polar surface area (TPSA) is 78.3 Å². The van der Waals surface area contributed by atoms with Crippen molar-refractivity contribution in [1.82, 2.24) is 10.2 Å².